The summed E-state index contributed by atoms with van der Waals surface area (Å²) in [7, 11) is 0. The number of carbonyl (C=O) groups excluding carboxylic acids is 2. The van der Waals surface area contributed by atoms with Crippen LogP contribution in [0.25, 0.3) is 16.8 Å². The van der Waals surface area contributed by atoms with E-state index in [1.165, 1.54) is 13.3 Å². The molecule has 2 aliphatic rings. The lowest BCUT2D eigenvalue weighted by atomic mass is 9.85. The number of nitrogen functional groups attached to an aromatic ring is 1. The number of Topliss-reactive ketones (excluding diaryl/α,β-unsaturated/α-hetero) is 1. The van der Waals surface area contributed by atoms with Crippen molar-refractivity contribution in [3.05, 3.63) is 53.6 Å². The van der Waals surface area contributed by atoms with E-state index < -0.39 is 0 Å². The van der Waals surface area contributed by atoms with Gasteiger partial charge in [0.2, 0.25) is 5.82 Å². The van der Waals surface area contributed by atoms with Crippen molar-refractivity contribution < 1.29 is 9.59 Å². The Bertz CT molecular complexity index is 1450. The highest BCUT2D eigenvalue weighted by Crippen LogP contribution is 2.45. The molecule has 2 saturated heterocycles. The third-order valence-electron chi connectivity index (χ3n) is 7.53. The first kappa shape index (κ1) is 22.3. The fourth-order valence-electron chi connectivity index (χ4n) is 5.85. The van der Waals surface area contributed by atoms with Crippen molar-refractivity contribution in [3.63, 3.8) is 0 Å². The molecule has 0 unspecified atom stereocenters. The third kappa shape index (κ3) is 3.45. The zero-order valence-electron chi connectivity index (χ0n) is 20.2. The summed E-state index contributed by atoms with van der Waals surface area (Å²) in [6, 6.07) is 4.08. The van der Waals surface area contributed by atoms with E-state index in [1.807, 2.05) is 23.2 Å². The number of anilines is 1. The lowest BCUT2D eigenvalue weighted by Crippen LogP contribution is -2.46. The first-order valence-electron chi connectivity index (χ1n) is 12.3. The molecule has 0 aliphatic carbocycles. The summed E-state index contributed by atoms with van der Waals surface area (Å²) in [6.45, 7) is 3.57. The molecule has 36 heavy (non-hydrogen) atoms. The summed E-state index contributed by atoms with van der Waals surface area (Å²) in [5.74, 6) is 0.269. The number of aryl methyl sites for hydroxylation is 1. The fourth-order valence-corrected chi connectivity index (χ4v) is 5.85. The van der Waals surface area contributed by atoms with E-state index in [4.69, 9.17) is 10.7 Å². The lowest BCUT2D eigenvalue weighted by Gasteiger charge is -2.38. The molecule has 2 fully saturated rings. The summed E-state index contributed by atoms with van der Waals surface area (Å²) in [5, 5.41) is 12.1. The van der Waals surface area contributed by atoms with E-state index in [2.05, 4.69) is 32.2 Å². The van der Waals surface area contributed by atoms with Crippen molar-refractivity contribution in [1.29, 1.82) is 0 Å². The standard InChI is InChI=1S/C25H27N9O2/c1-3-16-5-4-14(10-27-16)19-11-30-34-22(26)20(13(2)35)21(31-24(19)34)15-8-17-6-7-18(9-15)33(17)25(36)23-28-12-29-32-23/h4-5,10-12,15,17-18H,3,6-9,26H2,1-2H3,(H,28,29,32)/t15-,17+,18-. The van der Waals surface area contributed by atoms with Gasteiger partial charge in [0, 0.05) is 41.0 Å². The molecule has 1 amide bonds. The number of pyridine rings is 1. The molecule has 6 heterocycles. The quantitative estimate of drug-likeness (QED) is 0.410. The maximum atomic E-state index is 13.1. The molecule has 11 nitrogen and oxygen atoms in total. The first-order chi connectivity index (χ1) is 17.5. The predicted octanol–water partition coefficient (Wildman–Crippen LogP) is 2.81. The Morgan fingerprint density at radius 2 is 1.94 bits per heavy atom. The molecule has 6 rings (SSSR count). The molecule has 11 heteroatoms. The summed E-state index contributed by atoms with van der Waals surface area (Å²) in [4.78, 5) is 40.1. The van der Waals surface area contributed by atoms with Gasteiger partial charge in [0.05, 0.1) is 17.5 Å². The first-order valence-corrected chi connectivity index (χ1v) is 12.3. The van der Waals surface area contributed by atoms with Gasteiger partial charge in [-0.2, -0.15) is 9.61 Å². The Kier molecular flexibility index (Phi) is 5.27. The largest absolute Gasteiger partial charge is 0.383 e. The van der Waals surface area contributed by atoms with E-state index in [1.54, 1.807) is 10.7 Å². The van der Waals surface area contributed by atoms with Gasteiger partial charge in [-0.05, 0) is 45.1 Å². The summed E-state index contributed by atoms with van der Waals surface area (Å²) < 4.78 is 1.54. The number of aromatic nitrogens is 7. The fraction of sp³-hybridized carbons (Fsp3) is 0.400. The number of carbonyl (C=O) groups is 2. The van der Waals surface area contributed by atoms with E-state index in [0.29, 0.717) is 35.6 Å². The van der Waals surface area contributed by atoms with E-state index in [-0.39, 0.29) is 35.5 Å². The van der Waals surface area contributed by atoms with Crippen LogP contribution in [0.3, 0.4) is 0 Å². The number of ketones is 1. The molecule has 4 aromatic rings. The van der Waals surface area contributed by atoms with E-state index in [0.717, 1.165) is 36.1 Å². The second-order valence-corrected chi connectivity index (χ2v) is 9.60. The minimum Gasteiger partial charge on any atom is -0.383 e. The van der Waals surface area contributed by atoms with Crippen LogP contribution in [0.2, 0.25) is 0 Å². The number of H-pyrrole nitrogens is 1. The van der Waals surface area contributed by atoms with E-state index >= 15 is 0 Å². The molecular formula is C25H27N9O2. The van der Waals surface area contributed by atoms with Crippen LogP contribution in [0.1, 0.15) is 77.8 Å². The van der Waals surface area contributed by atoms with Gasteiger partial charge in [0.25, 0.3) is 5.91 Å². The number of hydrogen-bond acceptors (Lipinski definition) is 8. The number of aromatic amines is 1. The molecule has 2 aliphatic heterocycles. The number of piperidine rings is 1. The van der Waals surface area contributed by atoms with Gasteiger partial charge in [0.1, 0.15) is 12.1 Å². The average molecular weight is 486 g/mol. The number of nitrogens with two attached hydrogens (primary N) is 1. The Balaban J connectivity index is 1.40. The maximum absolute atomic E-state index is 13.1. The lowest BCUT2D eigenvalue weighted by molar-refractivity contribution is 0.0556. The minimum atomic E-state index is -0.143. The van der Waals surface area contributed by atoms with Gasteiger partial charge >= 0.3 is 0 Å². The molecule has 3 N–H and O–H groups in total. The summed E-state index contributed by atoms with van der Waals surface area (Å²) >= 11 is 0. The molecule has 0 spiro atoms. The molecule has 0 saturated carbocycles. The van der Waals surface area contributed by atoms with Gasteiger partial charge in [-0.3, -0.25) is 14.6 Å². The zero-order valence-corrected chi connectivity index (χ0v) is 20.2. The molecule has 0 aromatic carbocycles. The SMILES string of the molecule is CCc1ccc(-c2cnn3c(N)c(C(C)=O)c([C@H]4C[C@H]5CC[C@@H](C4)N5C(=O)c4nnc[nH]4)nc23)cn1. The topological polar surface area (TPSA) is 148 Å². The van der Waals surface area contributed by atoms with Crippen LogP contribution in [-0.2, 0) is 6.42 Å². The molecule has 184 valence electrons. The van der Waals surface area contributed by atoms with Gasteiger partial charge in [-0.1, -0.05) is 13.0 Å². The van der Waals surface area contributed by atoms with Crippen LogP contribution in [-0.4, -0.2) is 63.4 Å². The van der Waals surface area contributed by atoms with Gasteiger partial charge < -0.3 is 15.6 Å². The van der Waals surface area contributed by atoms with Crippen LogP contribution < -0.4 is 5.73 Å². The van der Waals surface area contributed by atoms with Crippen molar-refractivity contribution >= 4 is 23.2 Å². The van der Waals surface area contributed by atoms with Gasteiger partial charge in [-0.25, -0.2) is 4.98 Å². The highest BCUT2D eigenvalue weighted by Gasteiger charge is 2.45. The highest BCUT2D eigenvalue weighted by molar-refractivity contribution is 6.00. The van der Waals surface area contributed by atoms with Crippen molar-refractivity contribution in [2.45, 2.75) is 64.0 Å². The number of nitrogens with zero attached hydrogens (tertiary/aromatic N) is 7. The van der Waals surface area contributed by atoms with E-state index in [9.17, 15) is 9.59 Å². The normalized spacial score (nSPS) is 21.3. The van der Waals surface area contributed by atoms with Gasteiger partial charge in [-0.15, -0.1) is 10.2 Å². The Hall–Kier alpha value is -4.15. The second kappa shape index (κ2) is 8.51. The second-order valence-electron chi connectivity index (χ2n) is 9.60. The molecule has 3 atom stereocenters. The molecule has 2 bridgehead atoms. The van der Waals surface area contributed by atoms with Crippen LogP contribution in [0.5, 0.6) is 0 Å². The molecular weight excluding hydrogens is 458 g/mol. The minimum absolute atomic E-state index is 0.00387. The smallest absolute Gasteiger partial charge is 0.292 e. The number of rotatable bonds is 5. The van der Waals surface area contributed by atoms with Crippen LogP contribution in [0.15, 0.2) is 30.9 Å². The monoisotopic (exact) mass is 485 g/mol. The number of fused-ring (bicyclic) bond motifs is 3. The van der Waals surface area contributed by atoms with Crippen LogP contribution in [0.4, 0.5) is 5.82 Å². The molecule has 0 radical (unpaired) electrons. The maximum Gasteiger partial charge on any atom is 0.292 e. The van der Waals surface area contributed by atoms with Crippen molar-refractivity contribution in [1.82, 2.24) is 39.7 Å². The van der Waals surface area contributed by atoms with Gasteiger partial charge in [0.15, 0.2) is 11.4 Å². The average Bonchev–Trinajstić information content (AvgIpc) is 3.62. The van der Waals surface area contributed by atoms with Crippen molar-refractivity contribution in [2.75, 3.05) is 5.73 Å². The summed E-state index contributed by atoms with van der Waals surface area (Å²) in [5.41, 5.74) is 10.9. The van der Waals surface area contributed by atoms with Crippen molar-refractivity contribution in [2.24, 2.45) is 0 Å². The van der Waals surface area contributed by atoms with Crippen LogP contribution >= 0.6 is 0 Å². The Labute approximate surface area is 207 Å². The zero-order chi connectivity index (χ0) is 25.0. The number of amides is 1. The van der Waals surface area contributed by atoms with Crippen molar-refractivity contribution in [3.8, 4) is 11.1 Å². The summed E-state index contributed by atoms with van der Waals surface area (Å²) in [6.07, 6.45) is 9.02. The number of nitrogens with one attached hydrogen (secondary N) is 1. The highest BCUT2D eigenvalue weighted by atomic mass is 16.2. The Morgan fingerprint density at radius 1 is 1.17 bits per heavy atom. The number of hydrogen-bond donors (Lipinski definition) is 2. The Morgan fingerprint density at radius 3 is 2.56 bits per heavy atom. The molecule has 4 aromatic heterocycles. The third-order valence-corrected chi connectivity index (χ3v) is 7.53. The van der Waals surface area contributed by atoms with Crippen LogP contribution in [0, 0.1) is 0 Å². The predicted molar refractivity (Wildman–Crippen MR) is 131 cm³/mol.